The number of allylic oxidation sites excluding steroid dienone is 2. The van der Waals surface area contributed by atoms with Crippen molar-refractivity contribution in [3.05, 3.63) is 112 Å². The van der Waals surface area contributed by atoms with Crippen LogP contribution in [0.4, 0.5) is 0 Å². The first-order valence-electron chi connectivity index (χ1n) is 10.9. The first-order valence-corrected chi connectivity index (χ1v) is 11.6. The summed E-state index contributed by atoms with van der Waals surface area (Å²) in [6, 6.07) is 13.4. The molecule has 1 aliphatic carbocycles. The molecule has 5 nitrogen and oxygen atoms in total. The van der Waals surface area contributed by atoms with E-state index < -0.39 is 5.60 Å². The molecule has 0 spiro atoms. The molecule has 0 saturated heterocycles. The highest BCUT2D eigenvalue weighted by Gasteiger charge is 2.36. The summed E-state index contributed by atoms with van der Waals surface area (Å²) in [5.74, 6) is -0.144. The average Bonchev–Trinajstić information content (AvgIpc) is 3.18. The average molecular weight is 489 g/mol. The SMILES string of the molecule is Cn1cncc1C(O)(CC1C=CC=c2nc(Cl)c(-c3ccccc3)c(Cl)c2=C1)c1ccncc1. The van der Waals surface area contributed by atoms with Crippen molar-refractivity contribution in [2.75, 3.05) is 0 Å². The van der Waals surface area contributed by atoms with Gasteiger partial charge < -0.3 is 9.67 Å². The second-order valence-corrected chi connectivity index (χ2v) is 9.06. The molecule has 0 fully saturated rings. The van der Waals surface area contributed by atoms with Crippen LogP contribution in [0, 0.1) is 5.92 Å². The van der Waals surface area contributed by atoms with Crippen LogP contribution >= 0.6 is 23.2 Å². The molecule has 0 amide bonds. The van der Waals surface area contributed by atoms with Crippen LogP contribution in [0.1, 0.15) is 17.7 Å². The van der Waals surface area contributed by atoms with E-state index >= 15 is 0 Å². The van der Waals surface area contributed by atoms with Crippen LogP contribution in [0.5, 0.6) is 0 Å². The van der Waals surface area contributed by atoms with Gasteiger partial charge in [-0.3, -0.25) is 4.98 Å². The Bertz CT molecular complexity index is 1480. The Balaban J connectivity index is 1.64. The number of fused-ring (bicyclic) bond motifs is 1. The maximum atomic E-state index is 12.0. The Morgan fingerprint density at radius 2 is 1.82 bits per heavy atom. The van der Waals surface area contributed by atoms with Crippen molar-refractivity contribution in [2.24, 2.45) is 13.0 Å². The zero-order valence-electron chi connectivity index (χ0n) is 18.4. The molecule has 0 radical (unpaired) electrons. The number of rotatable bonds is 5. The lowest BCUT2D eigenvalue weighted by Crippen LogP contribution is -2.33. The molecule has 3 aromatic heterocycles. The van der Waals surface area contributed by atoms with E-state index in [4.69, 9.17) is 23.2 Å². The van der Waals surface area contributed by atoms with E-state index in [1.807, 2.05) is 72.3 Å². The van der Waals surface area contributed by atoms with Crippen LogP contribution in [-0.4, -0.2) is 24.6 Å². The first kappa shape index (κ1) is 22.5. The van der Waals surface area contributed by atoms with Crippen LogP contribution < -0.4 is 10.6 Å². The third-order valence-corrected chi connectivity index (χ3v) is 6.81. The number of nitrogens with zero attached hydrogens (tertiary/aromatic N) is 4. The summed E-state index contributed by atoms with van der Waals surface area (Å²) >= 11 is 13.5. The van der Waals surface area contributed by atoms with Crippen molar-refractivity contribution >= 4 is 35.4 Å². The Labute approximate surface area is 207 Å². The van der Waals surface area contributed by atoms with Crippen LogP contribution in [0.2, 0.25) is 10.2 Å². The predicted octanol–water partition coefficient (Wildman–Crippen LogP) is 4.26. The molecule has 0 saturated carbocycles. The minimum absolute atomic E-state index is 0.144. The maximum absolute atomic E-state index is 12.0. The molecule has 5 rings (SSSR count). The van der Waals surface area contributed by atoms with Crippen LogP contribution in [-0.2, 0) is 12.6 Å². The zero-order chi connectivity index (χ0) is 23.7. The summed E-state index contributed by atoms with van der Waals surface area (Å²) in [5.41, 5.74) is 1.74. The molecule has 1 N–H and O–H groups in total. The number of hydrogen-bond acceptors (Lipinski definition) is 4. The van der Waals surface area contributed by atoms with E-state index in [0.717, 1.165) is 16.3 Å². The molecule has 1 aliphatic rings. The van der Waals surface area contributed by atoms with Crippen molar-refractivity contribution in [1.82, 2.24) is 19.5 Å². The molecule has 7 heteroatoms. The van der Waals surface area contributed by atoms with Crippen molar-refractivity contribution in [1.29, 1.82) is 0 Å². The lowest BCUT2D eigenvalue weighted by molar-refractivity contribution is 0.0580. The van der Waals surface area contributed by atoms with Crippen LogP contribution in [0.15, 0.2) is 79.5 Å². The van der Waals surface area contributed by atoms with E-state index in [2.05, 4.69) is 21.0 Å². The number of aromatic nitrogens is 4. The van der Waals surface area contributed by atoms with Gasteiger partial charge in [-0.25, -0.2) is 9.97 Å². The number of halogens is 2. The van der Waals surface area contributed by atoms with E-state index in [0.29, 0.717) is 33.2 Å². The number of imidazole rings is 1. The fourth-order valence-electron chi connectivity index (χ4n) is 4.48. The van der Waals surface area contributed by atoms with Crippen LogP contribution in [0.25, 0.3) is 23.3 Å². The van der Waals surface area contributed by atoms with Gasteiger partial charge in [-0.2, -0.15) is 0 Å². The highest BCUT2D eigenvalue weighted by molar-refractivity contribution is 6.38. The quantitative estimate of drug-likeness (QED) is 0.426. The van der Waals surface area contributed by atoms with Gasteiger partial charge in [-0.1, -0.05) is 71.8 Å². The van der Waals surface area contributed by atoms with Gasteiger partial charge in [0.2, 0.25) is 0 Å². The molecular weight excluding hydrogens is 467 g/mol. The van der Waals surface area contributed by atoms with Crippen molar-refractivity contribution in [3.63, 3.8) is 0 Å². The lowest BCUT2D eigenvalue weighted by atomic mass is 9.82. The van der Waals surface area contributed by atoms with E-state index in [1.54, 1.807) is 24.9 Å². The molecule has 4 aromatic rings. The van der Waals surface area contributed by atoms with Crippen LogP contribution in [0.3, 0.4) is 0 Å². The predicted molar refractivity (Wildman–Crippen MR) is 136 cm³/mol. The summed E-state index contributed by atoms with van der Waals surface area (Å²) in [6.07, 6.45) is 15.0. The minimum atomic E-state index is -1.29. The summed E-state index contributed by atoms with van der Waals surface area (Å²) in [5, 5.41) is 14.4. The molecule has 34 heavy (non-hydrogen) atoms. The van der Waals surface area contributed by atoms with Crippen molar-refractivity contribution in [3.8, 4) is 11.1 Å². The molecule has 2 atom stereocenters. The maximum Gasteiger partial charge on any atom is 0.139 e. The fraction of sp³-hybridized carbons (Fsp3) is 0.148. The zero-order valence-corrected chi connectivity index (χ0v) is 19.9. The molecule has 3 heterocycles. The first-order chi connectivity index (χ1) is 16.5. The molecule has 0 bridgehead atoms. The smallest absolute Gasteiger partial charge is 0.139 e. The largest absolute Gasteiger partial charge is 0.379 e. The number of benzene rings is 1. The number of pyridine rings is 2. The van der Waals surface area contributed by atoms with Gasteiger partial charge in [0.1, 0.15) is 10.8 Å². The third-order valence-electron chi connectivity index (χ3n) is 6.14. The topological polar surface area (TPSA) is 63.8 Å². The lowest BCUT2D eigenvalue weighted by Gasteiger charge is -2.31. The molecule has 0 aliphatic heterocycles. The highest BCUT2D eigenvalue weighted by Crippen LogP contribution is 2.37. The molecule has 1 aromatic carbocycles. The highest BCUT2D eigenvalue weighted by atomic mass is 35.5. The van der Waals surface area contributed by atoms with Gasteiger partial charge in [0.15, 0.2) is 0 Å². The number of aryl methyl sites for hydroxylation is 1. The van der Waals surface area contributed by atoms with Crippen molar-refractivity contribution in [2.45, 2.75) is 12.0 Å². The fourth-order valence-corrected chi connectivity index (χ4v) is 5.18. The van der Waals surface area contributed by atoms with Gasteiger partial charge in [-0.05, 0) is 41.7 Å². The molecule has 170 valence electrons. The Morgan fingerprint density at radius 1 is 1.06 bits per heavy atom. The summed E-state index contributed by atoms with van der Waals surface area (Å²) < 4.78 is 1.84. The summed E-state index contributed by atoms with van der Waals surface area (Å²) in [6.45, 7) is 0. The second-order valence-electron chi connectivity index (χ2n) is 8.33. The van der Waals surface area contributed by atoms with Crippen molar-refractivity contribution < 1.29 is 5.11 Å². The Kier molecular flexibility index (Phi) is 6.09. The third kappa shape index (κ3) is 4.07. The molecule has 2 unspecified atom stereocenters. The standard InChI is InChI=1S/C27H22Cl2N4O/c1-33-17-31-16-23(33)27(34,20-10-12-30-13-11-20)15-18-6-5-9-22-21(14-18)25(28)24(26(29)32-22)19-7-3-2-4-8-19/h2-14,16-18,34H,15H2,1H3. The Hall–Kier alpha value is -3.25. The molecular formula is C27H22Cl2N4O. The number of hydrogen-bond donors (Lipinski definition) is 1. The van der Waals surface area contributed by atoms with E-state index in [9.17, 15) is 5.11 Å². The summed E-state index contributed by atoms with van der Waals surface area (Å²) in [4.78, 5) is 13.0. The van der Waals surface area contributed by atoms with Gasteiger partial charge in [0, 0.05) is 30.2 Å². The van der Waals surface area contributed by atoms with E-state index in [-0.39, 0.29) is 5.92 Å². The van der Waals surface area contributed by atoms with Gasteiger partial charge in [0.25, 0.3) is 0 Å². The normalized spacial score (nSPS) is 16.6. The van der Waals surface area contributed by atoms with E-state index in [1.165, 1.54) is 0 Å². The van der Waals surface area contributed by atoms with Gasteiger partial charge in [-0.15, -0.1) is 0 Å². The minimum Gasteiger partial charge on any atom is -0.379 e. The van der Waals surface area contributed by atoms with Gasteiger partial charge >= 0.3 is 0 Å². The second kappa shape index (κ2) is 9.18. The monoisotopic (exact) mass is 488 g/mol. The summed E-state index contributed by atoms with van der Waals surface area (Å²) in [7, 11) is 1.87. The Morgan fingerprint density at radius 3 is 2.53 bits per heavy atom. The van der Waals surface area contributed by atoms with Gasteiger partial charge in [0.05, 0.1) is 28.6 Å². The number of aliphatic hydroxyl groups is 1.